The van der Waals surface area contributed by atoms with Gasteiger partial charge in [0.25, 0.3) is 0 Å². The van der Waals surface area contributed by atoms with Crippen LogP contribution in [-0.4, -0.2) is 64.5 Å². The first-order chi connectivity index (χ1) is 18.4. The molecule has 0 bridgehead atoms. The van der Waals surface area contributed by atoms with Crippen LogP contribution in [0.2, 0.25) is 0 Å². The molecule has 0 aliphatic carbocycles. The first kappa shape index (κ1) is 25.7. The summed E-state index contributed by atoms with van der Waals surface area (Å²) in [5.74, 6) is 2.34. The molecule has 1 aliphatic rings. The van der Waals surface area contributed by atoms with E-state index in [2.05, 4.69) is 10.6 Å². The van der Waals surface area contributed by atoms with E-state index in [0.717, 1.165) is 29.5 Å². The lowest BCUT2D eigenvalue weighted by molar-refractivity contribution is -0.121. The highest BCUT2D eigenvalue weighted by Gasteiger charge is 2.24. The number of carbonyl (C=O) groups excluding carboxylic acids is 1. The van der Waals surface area contributed by atoms with Crippen molar-refractivity contribution in [1.82, 2.24) is 24.9 Å². The topological polar surface area (TPSA) is 112 Å². The van der Waals surface area contributed by atoms with Crippen LogP contribution in [0.25, 0.3) is 27.9 Å². The number of anilines is 1. The molecule has 1 fully saturated rings. The molecule has 0 unspecified atom stereocenters. The number of hydrogen-bond acceptors (Lipinski definition) is 8. The van der Waals surface area contributed by atoms with E-state index >= 15 is 0 Å². The van der Waals surface area contributed by atoms with Crippen LogP contribution >= 0.6 is 0 Å². The second kappa shape index (κ2) is 10.8. The largest absolute Gasteiger partial charge is 0.497 e. The van der Waals surface area contributed by atoms with Crippen molar-refractivity contribution in [3.8, 4) is 22.9 Å². The molecule has 0 saturated carbocycles. The molecular formula is C28H34N6O4. The highest BCUT2D eigenvalue weighted by atomic mass is 16.5. The summed E-state index contributed by atoms with van der Waals surface area (Å²) < 4.78 is 18.7. The predicted molar refractivity (Wildman–Crippen MR) is 146 cm³/mol. The van der Waals surface area contributed by atoms with E-state index in [9.17, 15) is 4.79 Å². The van der Waals surface area contributed by atoms with Gasteiger partial charge in [-0.05, 0) is 69.5 Å². The quantitative estimate of drug-likeness (QED) is 0.339. The Hall–Kier alpha value is -3.92. The Balaban J connectivity index is 1.59. The number of amides is 1. The zero-order valence-electron chi connectivity index (χ0n) is 22.3. The summed E-state index contributed by atoms with van der Waals surface area (Å²) in [5.41, 5.74) is 1.82. The normalized spacial score (nSPS) is 16.3. The van der Waals surface area contributed by atoms with Crippen LogP contribution in [0.3, 0.4) is 0 Å². The molecule has 0 spiro atoms. The fourth-order valence-corrected chi connectivity index (χ4v) is 4.42. The van der Waals surface area contributed by atoms with Gasteiger partial charge in [0.1, 0.15) is 23.1 Å². The van der Waals surface area contributed by atoms with E-state index in [4.69, 9.17) is 29.3 Å². The fraction of sp³-hybridized carbons (Fsp3) is 0.429. The molecular weight excluding hydrogens is 484 g/mol. The van der Waals surface area contributed by atoms with Gasteiger partial charge in [-0.15, -0.1) is 5.10 Å². The third kappa shape index (κ3) is 5.35. The van der Waals surface area contributed by atoms with Gasteiger partial charge in [0.05, 0.1) is 19.3 Å². The number of aromatic nitrogens is 4. The maximum atomic E-state index is 12.7. The summed E-state index contributed by atoms with van der Waals surface area (Å²) >= 11 is 0. The van der Waals surface area contributed by atoms with Crippen molar-refractivity contribution in [2.24, 2.45) is 0 Å². The van der Waals surface area contributed by atoms with Gasteiger partial charge >= 0.3 is 0 Å². The number of para-hydroxylation sites is 1. The first-order valence-corrected chi connectivity index (χ1v) is 12.9. The highest BCUT2D eigenvalue weighted by Crippen LogP contribution is 2.31. The monoisotopic (exact) mass is 518 g/mol. The molecule has 1 saturated heterocycles. The van der Waals surface area contributed by atoms with E-state index in [-0.39, 0.29) is 11.5 Å². The number of hydrogen-bond donors (Lipinski definition) is 2. The number of carbonyl (C=O) groups is 1. The summed E-state index contributed by atoms with van der Waals surface area (Å²) in [5, 5.41) is 11.9. The van der Waals surface area contributed by atoms with E-state index in [1.807, 2.05) is 56.3 Å². The lowest BCUT2D eigenvalue weighted by atomic mass is 10.1. The van der Waals surface area contributed by atoms with E-state index < -0.39 is 6.04 Å². The second-order valence-corrected chi connectivity index (χ2v) is 10.0. The number of fused-ring (bicyclic) bond motifs is 3. The van der Waals surface area contributed by atoms with Gasteiger partial charge in [0, 0.05) is 31.0 Å². The average Bonchev–Trinajstić information content (AvgIpc) is 3.29. The van der Waals surface area contributed by atoms with Crippen LogP contribution in [0.1, 0.15) is 39.5 Å². The lowest BCUT2D eigenvalue weighted by Gasteiger charge is -2.23. The second-order valence-electron chi connectivity index (χ2n) is 10.0. The van der Waals surface area contributed by atoms with E-state index in [0.29, 0.717) is 54.7 Å². The molecule has 4 aromatic rings. The summed E-state index contributed by atoms with van der Waals surface area (Å²) in [7, 11) is 3.33. The van der Waals surface area contributed by atoms with Crippen LogP contribution in [0.15, 0.2) is 42.5 Å². The summed E-state index contributed by atoms with van der Waals surface area (Å²) in [6.07, 6.45) is 3.30. The van der Waals surface area contributed by atoms with Crippen molar-refractivity contribution in [2.75, 3.05) is 32.7 Å². The predicted octanol–water partition coefficient (Wildman–Crippen LogP) is 4.23. The van der Waals surface area contributed by atoms with Crippen LogP contribution in [0.4, 0.5) is 5.95 Å². The summed E-state index contributed by atoms with van der Waals surface area (Å²) in [4.78, 5) is 22.6. The zero-order valence-corrected chi connectivity index (χ0v) is 22.3. The number of nitrogens with zero attached hydrogens (tertiary/aromatic N) is 4. The Morgan fingerprint density at radius 1 is 1.11 bits per heavy atom. The molecule has 2 aromatic carbocycles. The molecule has 10 nitrogen and oxygen atoms in total. The smallest absolute Gasteiger partial charge is 0.242 e. The number of benzene rings is 2. The maximum absolute atomic E-state index is 12.7. The van der Waals surface area contributed by atoms with Crippen molar-refractivity contribution in [3.63, 3.8) is 0 Å². The molecule has 2 aromatic heterocycles. The van der Waals surface area contributed by atoms with Crippen LogP contribution < -0.4 is 20.1 Å². The van der Waals surface area contributed by atoms with Gasteiger partial charge in [-0.3, -0.25) is 4.79 Å². The number of methoxy groups -OCH3 is 2. The molecule has 38 heavy (non-hydrogen) atoms. The first-order valence-electron chi connectivity index (χ1n) is 12.9. The average molecular weight is 519 g/mol. The molecule has 1 amide bonds. The minimum atomic E-state index is -0.421. The third-order valence-electron chi connectivity index (χ3n) is 6.97. The Morgan fingerprint density at radius 3 is 2.68 bits per heavy atom. The van der Waals surface area contributed by atoms with Crippen molar-refractivity contribution in [2.45, 2.75) is 51.2 Å². The molecule has 1 atom stereocenters. The zero-order chi connectivity index (χ0) is 26.7. The van der Waals surface area contributed by atoms with Crippen molar-refractivity contribution in [1.29, 1.82) is 0 Å². The Kier molecular flexibility index (Phi) is 7.33. The van der Waals surface area contributed by atoms with Crippen LogP contribution in [-0.2, 0) is 9.53 Å². The van der Waals surface area contributed by atoms with Crippen LogP contribution in [0, 0.1) is 0 Å². The Morgan fingerprint density at radius 2 is 1.92 bits per heavy atom. The van der Waals surface area contributed by atoms with Gasteiger partial charge in [-0.25, -0.2) is 9.97 Å². The van der Waals surface area contributed by atoms with Gasteiger partial charge in [0.15, 0.2) is 11.5 Å². The molecule has 5 rings (SSSR count). The molecule has 0 radical (unpaired) electrons. The molecule has 200 valence electrons. The minimum absolute atomic E-state index is 0.0422. The highest BCUT2D eigenvalue weighted by molar-refractivity contribution is 5.96. The van der Waals surface area contributed by atoms with Gasteiger partial charge in [-0.2, -0.15) is 4.52 Å². The number of rotatable bonds is 9. The van der Waals surface area contributed by atoms with Crippen molar-refractivity contribution in [3.05, 3.63) is 42.5 Å². The standard InChI is InChI=1S/C28H34N6O4/c1-28(2,37-4)15-17-38-22-10-7-8-20-23(22)31-27(30-21-9-5-6-16-29-26(21)35)34-25(20)32-24(33-34)18-11-13-19(36-3)14-12-18/h7-8,10-14,21H,5-6,9,15-17H2,1-4H3,(H,29,35)(H,30,31)/t21-/m1/s1. The molecule has 2 N–H and O–H groups in total. The SMILES string of the molecule is COc1ccc(-c2nc3c4cccc(OCCC(C)(C)OC)c4nc(N[C@@H]4CCCCNC4=O)n3n2)cc1. The lowest BCUT2D eigenvalue weighted by Crippen LogP contribution is -2.38. The minimum Gasteiger partial charge on any atom is -0.497 e. The Bertz CT molecular complexity index is 1430. The van der Waals surface area contributed by atoms with Crippen molar-refractivity contribution >= 4 is 28.4 Å². The van der Waals surface area contributed by atoms with E-state index in [1.54, 1.807) is 18.7 Å². The third-order valence-corrected chi connectivity index (χ3v) is 6.97. The van der Waals surface area contributed by atoms with Crippen LogP contribution in [0.5, 0.6) is 11.5 Å². The van der Waals surface area contributed by atoms with Gasteiger partial charge in [0.2, 0.25) is 11.9 Å². The van der Waals surface area contributed by atoms with Crippen molar-refractivity contribution < 1.29 is 19.0 Å². The molecule has 10 heteroatoms. The van der Waals surface area contributed by atoms with E-state index in [1.165, 1.54) is 0 Å². The number of nitrogens with one attached hydrogen (secondary N) is 2. The number of ether oxygens (including phenoxy) is 3. The molecule has 3 heterocycles. The Labute approximate surface area is 221 Å². The fourth-order valence-electron chi connectivity index (χ4n) is 4.42. The summed E-state index contributed by atoms with van der Waals surface area (Å²) in [6.45, 7) is 5.19. The van der Waals surface area contributed by atoms with Gasteiger partial charge in [-0.1, -0.05) is 6.07 Å². The maximum Gasteiger partial charge on any atom is 0.242 e. The molecule has 1 aliphatic heterocycles. The summed E-state index contributed by atoms with van der Waals surface area (Å²) in [6, 6.07) is 12.9. The van der Waals surface area contributed by atoms with Gasteiger partial charge < -0.3 is 24.8 Å².